The van der Waals surface area contributed by atoms with E-state index in [-0.39, 0.29) is 0 Å². The van der Waals surface area contributed by atoms with Gasteiger partial charge in [-0.05, 0) is 56.1 Å². The molecule has 1 N–H and O–H groups in total. The van der Waals surface area contributed by atoms with Crippen LogP contribution in [0.5, 0.6) is 0 Å². The van der Waals surface area contributed by atoms with Crippen molar-refractivity contribution in [3.63, 3.8) is 0 Å². The third-order valence-corrected chi connectivity index (χ3v) is 5.14. The van der Waals surface area contributed by atoms with Gasteiger partial charge < -0.3 is 4.98 Å². The number of aromatic nitrogens is 3. The van der Waals surface area contributed by atoms with E-state index in [0.717, 1.165) is 36.7 Å². The second kappa shape index (κ2) is 3.59. The maximum absolute atomic E-state index is 4.67. The fourth-order valence-electron chi connectivity index (χ4n) is 2.29. The van der Waals surface area contributed by atoms with Crippen LogP contribution in [0.15, 0.2) is 45.5 Å². The first-order valence-electron chi connectivity index (χ1n) is 5.48. The maximum Gasteiger partial charge on any atom is 0.143 e. The third kappa shape index (κ3) is 1.26. The number of nitrogens with one attached hydrogen (secondary N) is 1. The molecule has 0 saturated heterocycles. The number of benzene rings is 1. The number of halogens is 2. The van der Waals surface area contributed by atoms with E-state index in [1.54, 1.807) is 0 Å². The molecule has 0 unspecified atom stereocenters. The summed E-state index contributed by atoms with van der Waals surface area (Å²) in [5.41, 5.74) is 4.06. The van der Waals surface area contributed by atoms with Gasteiger partial charge in [0.15, 0.2) is 0 Å². The van der Waals surface area contributed by atoms with Crippen molar-refractivity contribution in [3.05, 3.63) is 45.5 Å². The minimum absolute atomic E-state index is 0.958. The van der Waals surface area contributed by atoms with Crippen LogP contribution in [-0.4, -0.2) is 14.4 Å². The molecule has 3 nitrogen and oxygen atoms in total. The van der Waals surface area contributed by atoms with Crippen LogP contribution in [0.3, 0.4) is 0 Å². The van der Waals surface area contributed by atoms with Gasteiger partial charge in [-0.15, -0.1) is 0 Å². The predicted molar refractivity (Wildman–Crippen MR) is 80.0 cm³/mol. The summed E-state index contributed by atoms with van der Waals surface area (Å²) >= 11 is 7.11. The smallest absolute Gasteiger partial charge is 0.143 e. The van der Waals surface area contributed by atoms with Crippen LogP contribution >= 0.6 is 31.9 Å². The number of nitrogens with zero attached hydrogens (tertiary/aromatic N) is 2. The van der Waals surface area contributed by atoms with Gasteiger partial charge in [-0.3, -0.25) is 4.40 Å². The highest BCUT2D eigenvalue weighted by atomic mass is 79.9. The molecule has 0 aliphatic carbocycles. The van der Waals surface area contributed by atoms with E-state index in [9.17, 15) is 0 Å². The first-order valence-corrected chi connectivity index (χ1v) is 7.07. The molecule has 0 saturated carbocycles. The van der Waals surface area contributed by atoms with Gasteiger partial charge in [0, 0.05) is 16.1 Å². The van der Waals surface area contributed by atoms with Crippen molar-refractivity contribution in [1.29, 1.82) is 0 Å². The van der Waals surface area contributed by atoms with E-state index < -0.39 is 0 Å². The second-order valence-electron chi connectivity index (χ2n) is 4.15. The maximum atomic E-state index is 4.67. The Bertz CT molecular complexity index is 905. The highest BCUT2D eigenvalue weighted by molar-refractivity contribution is 9.13. The largest absolute Gasteiger partial charge is 0.338 e. The van der Waals surface area contributed by atoms with Gasteiger partial charge in [-0.2, -0.15) is 0 Å². The van der Waals surface area contributed by atoms with E-state index in [4.69, 9.17) is 0 Å². The molecule has 4 rings (SSSR count). The molecular weight excluding hydrogens is 358 g/mol. The topological polar surface area (TPSA) is 33.1 Å². The number of hydrogen-bond donors (Lipinski definition) is 1. The van der Waals surface area contributed by atoms with Gasteiger partial charge in [0.25, 0.3) is 0 Å². The summed E-state index contributed by atoms with van der Waals surface area (Å²) in [5, 5.41) is 1.13. The summed E-state index contributed by atoms with van der Waals surface area (Å²) in [6.07, 6.45) is 2.02. The molecule has 0 atom stereocenters. The Balaban J connectivity index is 2.30. The number of H-pyrrole nitrogens is 1. The molecule has 0 aliphatic rings. The molecule has 18 heavy (non-hydrogen) atoms. The molecule has 1 aromatic carbocycles. The van der Waals surface area contributed by atoms with Gasteiger partial charge >= 0.3 is 0 Å². The van der Waals surface area contributed by atoms with Gasteiger partial charge in [-0.25, -0.2) is 4.98 Å². The average Bonchev–Trinajstić information content (AvgIpc) is 2.90. The summed E-state index contributed by atoms with van der Waals surface area (Å²) in [4.78, 5) is 8.10. The third-order valence-electron chi connectivity index (χ3n) is 3.12. The standard InChI is InChI=1S/C13H7Br2N3/c14-8-5-4-7-11(10(8)15)17-13-12(7)16-9-3-1-2-6-18(9)13/h1-6,17H. The summed E-state index contributed by atoms with van der Waals surface area (Å²) < 4.78 is 4.13. The normalized spacial score (nSPS) is 11.9. The van der Waals surface area contributed by atoms with Gasteiger partial charge in [0.05, 0.1) is 9.99 Å². The van der Waals surface area contributed by atoms with Crippen molar-refractivity contribution in [2.75, 3.05) is 0 Å². The number of pyridine rings is 1. The number of aromatic amines is 1. The van der Waals surface area contributed by atoms with Crippen molar-refractivity contribution in [2.45, 2.75) is 0 Å². The van der Waals surface area contributed by atoms with Crippen molar-refractivity contribution in [3.8, 4) is 0 Å². The lowest BCUT2D eigenvalue weighted by Gasteiger charge is -1.97. The van der Waals surface area contributed by atoms with Crippen molar-refractivity contribution >= 4 is 59.6 Å². The minimum atomic E-state index is 0.958. The Labute approximate surface area is 119 Å². The van der Waals surface area contributed by atoms with Gasteiger partial charge in [0.1, 0.15) is 16.8 Å². The molecular formula is C13H7Br2N3. The first-order chi connectivity index (χ1) is 8.75. The molecule has 88 valence electrons. The van der Waals surface area contributed by atoms with E-state index in [2.05, 4.69) is 52.3 Å². The molecule has 0 fully saturated rings. The van der Waals surface area contributed by atoms with Crippen LogP contribution in [0.4, 0.5) is 0 Å². The summed E-state index contributed by atoms with van der Waals surface area (Å²) in [7, 11) is 0. The van der Waals surface area contributed by atoms with Crippen LogP contribution in [0.2, 0.25) is 0 Å². The van der Waals surface area contributed by atoms with Gasteiger partial charge in [-0.1, -0.05) is 6.07 Å². The highest BCUT2D eigenvalue weighted by Crippen LogP contribution is 2.35. The fourth-order valence-corrected chi connectivity index (χ4v) is 3.07. The van der Waals surface area contributed by atoms with E-state index in [0.29, 0.717) is 0 Å². The summed E-state index contributed by atoms with van der Waals surface area (Å²) in [6, 6.07) is 10.1. The Hall–Kier alpha value is -1.33. The summed E-state index contributed by atoms with van der Waals surface area (Å²) in [6.45, 7) is 0. The highest BCUT2D eigenvalue weighted by Gasteiger charge is 2.13. The molecule has 0 radical (unpaired) electrons. The van der Waals surface area contributed by atoms with Gasteiger partial charge in [0.2, 0.25) is 0 Å². The molecule has 3 heterocycles. The van der Waals surface area contributed by atoms with Crippen LogP contribution in [0, 0.1) is 0 Å². The zero-order valence-electron chi connectivity index (χ0n) is 9.11. The van der Waals surface area contributed by atoms with Crippen LogP contribution in [0.1, 0.15) is 0 Å². The van der Waals surface area contributed by atoms with Crippen molar-refractivity contribution in [2.24, 2.45) is 0 Å². The molecule has 4 aromatic rings. The fraction of sp³-hybridized carbons (Fsp3) is 0. The number of rotatable bonds is 0. The quantitative estimate of drug-likeness (QED) is 0.489. The second-order valence-corrected chi connectivity index (χ2v) is 5.79. The van der Waals surface area contributed by atoms with Crippen molar-refractivity contribution in [1.82, 2.24) is 14.4 Å². The van der Waals surface area contributed by atoms with E-state index in [1.165, 1.54) is 0 Å². The molecule has 0 bridgehead atoms. The van der Waals surface area contributed by atoms with Crippen LogP contribution in [0.25, 0.3) is 27.7 Å². The Morgan fingerprint density at radius 3 is 2.89 bits per heavy atom. The monoisotopic (exact) mass is 363 g/mol. The summed E-state index contributed by atoms with van der Waals surface area (Å²) in [5.74, 6) is 0. The minimum Gasteiger partial charge on any atom is -0.338 e. The Morgan fingerprint density at radius 1 is 1.11 bits per heavy atom. The zero-order chi connectivity index (χ0) is 12.3. The SMILES string of the molecule is Brc1ccc2c([nH]c3c2nc2ccccn23)c1Br. The number of imidazole rings is 1. The molecule has 0 spiro atoms. The Kier molecular flexibility index (Phi) is 2.11. The van der Waals surface area contributed by atoms with Crippen LogP contribution < -0.4 is 0 Å². The molecule has 5 heteroatoms. The van der Waals surface area contributed by atoms with Crippen LogP contribution in [-0.2, 0) is 0 Å². The molecule has 0 aliphatic heterocycles. The van der Waals surface area contributed by atoms with E-state index >= 15 is 0 Å². The first kappa shape index (κ1) is 10.6. The zero-order valence-corrected chi connectivity index (χ0v) is 12.3. The molecule has 3 aromatic heterocycles. The predicted octanol–water partition coefficient (Wildman–Crippen LogP) is 4.49. The lowest BCUT2D eigenvalue weighted by molar-refractivity contribution is 1.20. The lowest BCUT2D eigenvalue weighted by Crippen LogP contribution is -1.83. The number of fused-ring (bicyclic) bond motifs is 5. The average molecular weight is 365 g/mol. The van der Waals surface area contributed by atoms with E-state index in [1.807, 2.05) is 30.5 Å². The number of hydrogen-bond acceptors (Lipinski definition) is 1. The molecule has 0 amide bonds. The lowest BCUT2D eigenvalue weighted by atomic mass is 10.2. The Morgan fingerprint density at radius 2 is 2.00 bits per heavy atom. The van der Waals surface area contributed by atoms with Crippen molar-refractivity contribution < 1.29 is 0 Å².